The van der Waals surface area contributed by atoms with Gasteiger partial charge in [-0.3, -0.25) is 14.6 Å². The Bertz CT molecular complexity index is 357. The van der Waals surface area contributed by atoms with Crippen LogP contribution in [0.15, 0.2) is 0 Å². The van der Waals surface area contributed by atoms with Crippen LogP contribution in [0, 0.1) is 0 Å². The van der Waals surface area contributed by atoms with Crippen molar-refractivity contribution in [2.45, 2.75) is 32.1 Å². The molecule has 0 saturated carbocycles. The van der Waals surface area contributed by atoms with E-state index in [-0.39, 0.29) is 18.1 Å². The van der Waals surface area contributed by atoms with Crippen LogP contribution in [0.3, 0.4) is 0 Å². The topological polar surface area (TPSA) is 48.1 Å². The molecule has 2 atom stereocenters. The molecular formula is C15H28N4O2. The smallest absolute Gasteiger partial charge is 0.236 e. The number of hydrogen-bond donors (Lipinski definition) is 1. The molecule has 0 aromatic rings. The van der Waals surface area contributed by atoms with Crippen LogP contribution < -0.4 is 5.32 Å². The number of rotatable bonds is 3. The Kier molecular flexibility index (Phi) is 4.78. The average molecular weight is 296 g/mol. The van der Waals surface area contributed by atoms with E-state index in [1.807, 2.05) is 18.7 Å². The van der Waals surface area contributed by atoms with Gasteiger partial charge in [-0.25, -0.2) is 0 Å². The average Bonchev–Trinajstić information content (AvgIpc) is 2.42. The number of nitrogens with zero attached hydrogens (tertiary/aromatic N) is 3. The van der Waals surface area contributed by atoms with Crippen molar-refractivity contribution in [1.29, 1.82) is 0 Å². The number of nitrogens with one attached hydrogen (secondary N) is 1. The van der Waals surface area contributed by atoms with Crippen LogP contribution in [0.4, 0.5) is 0 Å². The van der Waals surface area contributed by atoms with E-state index in [0.29, 0.717) is 12.6 Å². The standard InChI is InChI=1S/C15H28N4O2/c1-12-7-19(8-13(2)21-12)15(20)11-17-9-14(10-17)18-5-3-16-4-6-18/h12-14,16H,3-11H2,1-2H3. The zero-order valence-corrected chi connectivity index (χ0v) is 13.3. The number of likely N-dealkylation sites (tertiary alicyclic amines) is 1. The molecule has 0 bridgehead atoms. The molecule has 0 spiro atoms. The number of ether oxygens (including phenoxy) is 1. The van der Waals surface area contributed by atoms with Gasteiger partial charge in [0.2, 0.25) is 5.91 Å². The van der Waals surface area contributed by atoms with Gasteiger partial charge >= 0.3 is 0 Å². The first-order valence-corrected chi connectivity index (χ1v) is 8.22. The molecule has 1 amide bonds. The Balaban J connectivity index is 1.40. The first-order chi connectivity index (χ1) is 10.1. The van der Waals surface area contributed by atoms with Gasteiger partial charge in [0.1, 0.15) is 0 Å². The fourth-order valence-electron chi connectivity index (χ4n) is 3.62. The van der Waals surface area contributed by atoms with Crippen LogP contribution in [-0.2, 0) is 9.53 Å². The molecule has 0 aliphatic carbocycles. The molecule has 21 heavy (non-hydrogen) atoms. The molecule has 0 aromatic carbocycles. The molecule has 3 rings (SSSR count). The Hall–Kier alpha value is -0.690. The Morgan fingerprint density at radius 2 is 1.71 bits per heavy atom. The van der Waals surface area contributed by atoms with E-state index in [0.717, 1.165) is 52.4 Å². The first kappa shape index (κ1) is 15.2. The third-order valence-corrected chi connectivity index (χ3v) is 4.74. The van der Waals surface area contributed by atoms with Crippen molar-refractivity contribution in [1.82, 2.24) is 20.0 Å². The zero-order chi connectivity index (χ0) is 14.8. The van der Waals surface area contributed by atoms with E-state index >= 15 is 0 Å². The number of piperazine rings is 1. The van der Waals surface area contributed by atoms with E-state index < -0.39 is 0 Å². The molecule has 3 fully saturated rings. The van der Waals surface area contributed by atoms with Crippen LogP contribution in [0.25, 0.3) is 0 Å². The molecule has 2 unspecified atom stereocenters. The van der Waals surface area contributed by atoms with Gasteiger partial charge in [0.15, 0.2) is 0 Å². The molecule has 3 saturated heterocycles. The molecule has 6 heteroatoms. The molecule has 6 nitrogen and oxygen atoms in total. The summed E-state index contributed by atoms with van der Waals surface area (Å²) in [6.45, 7) is 12.7. The van der Waals surface area contributed by atoms with Crippen molar-refractivity contribution in [2.24, 2.45) is 0 Å². The summed E-state index contributed by atoms with van der Waals surface area (Å²) in [6, 6.07) is 0.655. The van der Waals surface area contributed by atoms with Crippen molar-refractivity contribution in [3.8, 4) is 0 Å². The molecule has 120 valence electrons. The van der Waals surface area contributed by atoms with Gasteiger partial charge in [-0.05, 0) is 13.8 Å². The molecule has 3 aliphatic heterocycles. The van der Waals surface area contributed by atoms with Crippen LogP contribution >= 0.6 is 0 Å². The summed E-state index contributed by atoms with van der Waals surface area (Å²) in [4.78, 5) is 19.2. The molecular weight excluding hydrogens is 268 g/mol. The highest BCUT2D eigenvalue weighted by Crippen LogP contribution is 2.17. The minimum absolute atomic E-state index is 0.155. The number of morpholine rings is 1. The maximum absolute atomic E-state index is 12.4. The van der Waals surface area contributed by atoms with Gasteiger partial charge in [0.05, 0.1) is 18.8 Å². The zero-order valence-electron chi connectivity index (χ0n) is 13.3. The van der Waals surface area contributed by atoms with E-state index in [1.54, 1.807) is 0 Å². The lowest BCUT2D eigenvalue weighted by atomic mass is 10.1. The van der Waals surface area contributed by atoms with Crippen molar-refractivity contribution < 1.29 is 9.53 Å². The summed E-state index contributed by atoms with van der Waals surface area (Å²) in [6.07, 6.45) is 0.311. The fraction of sp³-hybridized carbons (Fsp3) is 0.933. The van der Waals surface area contributed by atoms with Gasteiger partial charge < -0.3 is 15.0 Å². The normalized spacial score (nSPS) is 33.0. The summed E-state index contributed by atoms with van der Waals surface area (Å²) in [5.41, 5.74) is 0. The lowest BCUT2D eigenvalue weighted by molar-refractivity contribution is -0.146. The van der Waals surface area contributed by atoms with E-state index in [2.05, 4.69) is 15.1 Å². The summed E-state index contributed by atoms with van der Waals surface area (Å²) < 4.78 is 5.69. The van der Waals surface area contributed by atoms with Crippen molar-refractivity contribution in [3.63, 3.8) is 0 Å². The lowest BCUT2D eigenvalue weighted by Crippen LogP contribution is -2.64. The van der Waals surface area contributed by atoms with Gasteiger partial charge in [-0.15, -0.1) is 0 Å². The molecule has 0 aromatic heterocycles. The van der Waals surface area contributed by atoms with Crippen molar-refractivity contribution >= 4 is 5.91 Å². The lowest BCUT2D eigenvalue weighted by Gasteiger charge is -2.47. The van der Waals surface area contributed by atoms with Crippen LogP contribution in [0.2, 0.25) is 0 Å². The SMILES string of the molecule is CC1CN(C(=O)CN2CC(N3CCNCC3)C2)CC(C)O1. The number of amides is 1. The fourth-order valence-corrected chi connectivity index (χ4v) is 3.62. The monoisotopic (exact) mass is 296 g/mol. The minimum Gasteiger partial charge on any atom is -0.372 e. The Labute approximate surface area is 127 Å². The van der Waals surface area contributed by atoms with E-state index in [9.17, 15) is 4.79 Å². The van der Waals surface area contributed by atoms with Crippen LogP contribution in [0.5, 0.6) is 0 Å². The van der Waals surface area contributed by atoms with Gasteiger partial charge in [0.25, 0.3) is 0 Å². The molecule has 1 N–H and O–H groups in total. The van der Waals surface area contributed by atoms with E-state index in [1.165, 1.54) is 0 Å². The third-order valence-electron chi connectivity index (χ3n) is 4.74. The van der Waals surface area contributed by atoms with Crippen LogP contribution in [-0.4, -0.2) is 97.8 Å². The maximum Gasteiger partial charge on any atom is 0.236 e. The summed E-state index contributed by atoms with van der Waals surface area (Å²) in [5, 5.41) is 3.38. The second kappa shape index (κ2) is 6.60. The second-order valence-electron chi connectivity index (χ2n) is 6.69. The van der Waals surface area contributed by atoms with Crippen LogP contribution in [0.1, 0.15) is 13.8 Å². The number of carbonyl (C=O) groups is 1. The summed E-state index contributed by atoms with van der Waals surface area (Å²) in [7, 11) is 0. The van der Waals surface area contributed by atoms with Gasteiger partial charge in [-0.2, -0.15) is 0 Å². The minimum atomic E-state index is 0.155. The number of hydrogen-bond acceptors (Lipinski definition) is 5. The first-order valence-electron chi connectivity index (χ1n) is 8.22. The highest BCUT2D eigenvalue weighted by Gasteiger charge is 2.35. The largest absolute Gasteiger partial charge is 0.372 e. The molecule has 3 heterocycles. The quantitative estimate of drug-likeness (QED) is 0.740. The summed E-state index contributed by atoms with van der Waals surface area (Å²) in [5.74, 6) is 0.260. The highest BCUT2D eigenvalue weighted by molar-refractivity contribution is 5.78. The Morgan fingerprint density at radius 1 is 1.10 bits per heavy atom. The van der Waals surface area contributed by atoms with Crippen molar-refractivity contribution in [3.05, 3.63) is 0 Å². The van der Waals surface area contributed by atoms with Gasteiger partial charge in [-0.1, -0.05) is 0 Å². The maximum atomic E-state index is 12.4. The molecule has 3 aliphatic rings. The third kappa shape index (κ3) is 3.74. The Morgan fingerprint density at radius 3 is 2.33 bits per heavy atom. The predicted octanol–water partition coefficient (Wildman–Crippen LogP) is -0.788. The molecule has 0 radical (unpaired) electrons. The predicted molar refractivity (Wildman–Crippen MR) is 81.3 cm³/mol. The van der Waals surface area contributed by atoms with E-state index in [4.69, 9.17) is 4.74 Å². The second-order valence-corrected chi connectivity index (χ2v) is 6.69. The highest BCUT2D eigenvalue weighted by atomic mass is 16.5. The van der Waals surface area contributed by atoms with Crippen molar-refractivity contribution in [2.75, 3.05) is 58.9 Å². The number of carbonyl (C=O) groups excluding carboxylic acids is 1. The van der Waals surface area contributed by atoms with Gasteiger partial charge in [0, 0.05) is 58.4 Å². The summed E-state index contributed by atoms with van der Waals surface area (Å²) >= 11 is 0.